The van der Waals surface area contributed by atoms with Crippen LogP contribution in [0.4, 0.5) is 0 Å². The molecular formula is C13H28N2O2. The molecule has 1 saturated heterocycles. The number of hydrogen-bond acceptors (Lipinski definition) is 4. The van der Waals surface area contributed by atoms with Gasteiger partial charge in [-0.05, 0) is 45.6 Å². The van der Waals surface area contributed by atoms with Gasteiger partial charge in [0.1, 0.15) is 0 Å². The van der Waals surface area contributed by atoms with Gasteiger partial charge < -0.3 is 20.5 Å². The zero-order valence-electron chi connectivity index (χ0n) is 11.5. The molecular weight excluding hydrogens is 216 g/mol. The molecule has 0 amide bonds. The molecule has 0 aliphatic carbocycles. The first-order chi connectivity index (χ1) is 7.98. The number of aliphatic hydroxyl groups is 1. The number of piperidine rings is 1. The van der Waals surface area contributed by atoms with E-state index in [4.69, 9.17) is 10.5 Å². The standard InChI is InChI=1S/C13H28N2O2/c1-11(7-13(2,16)10-14)15-6-4-5-12(8-15)9-17-3/h11-12,16H,4-10,14H2,1-3H3. The van der Waals surface area contributed by atoms with Crippen molar-refractivity contribution in [2.45, 2.75) is 44.8 Å². The molecule has 0 spiro atoms. The predicted molar refractivity (Wildman–Crippen MR) is 69.9 cm³/mol. The van der Waals surface area contributed by atoms with Crippen LogP contribution in [-0.2, 0) is 4.74 Å². The topological polar surface area (TPSA) is 58.7 Å². The van der Waals surface area contributed by atoms with Gasteiger partial charge in [0.25, 0.3) is 0 Å². The summed E-state index contributed by atoms with van der Waals surface area (Å²) < 4.78 is 5.24. The molecule has 3 unspecified atom stereocenters. The molecule has 0 radical (unpaired) electrons. The number of methoxy groups -OCH3 is 1. The quantitative estimate of drug-likeness (QED) is 0.727. The summed E-state index contributed by atoms with van der Waals surface area (Å²) in [6.45, 7) is 7.38. The maximum absolute atomic E-state index is 10.0. The number of nitrogens with zero attached hydrogens (tertiary/aromatic N) is 1. The maximum atomic E-state index is 10.0. The molecule has 0 aromatic heterocycles. The minimum Gasteiger partial charge on any atom is -0.389 e. The van der Waals surface area contributed by atoms with Crippen LogP contribution in [0.15, 0.2) is 0 Å². The molecule has 1 fully saturated rings. The molecule has 17 heavy (non-hydrogen) atoms. The van der Waals surface area contributed by atoms with Crippen molar-refractivity contribution in [2.75, 3.05) is 33.4 Å². The molecule has 102 valence electrons. The molecule has 1 rings (SSSR count). The van der Waals surface area contributed by atoms with E-state index < -0.39 is 5.60 Å². The molecule has 1 aliphatic rings. The summed E-state index contributed by atoms with van der Waals surface area (Å²) in [5, 5.41) is 10.0. The van der Waals surface area contributed by atoms with Crippen LogP contribution in [0.2, 0.25) is 0 Å². The van der Waals surface area contributed by atoms with Gasteiger partial charge in [-0.2, -0.15) is 0 Å². The smallest absolute Gasteiger partial charge is 0.0756 e. The third kappa shape index (κ3) is 4.92. The van der Waals surface area contributed by atoms with Gasteiger partial charge in [-0.3, -0.25) is 0 Å². The van der Waals surface area contributed by atoms with Crippen LogP contribution in [0.3, 0.4) is 0 Å². The van der Waals surface area contributed by atoms with E-state index in [1.54, 1.807) is 7.11 Å². The lowest BCUT2D eigenvalue weighted by molar-refractivity contribution is 0.0113. The highest BCUT2D eigenvalue weighted by molar-refractivity contribution is 4.83. The largest absolute Gasteiger partial charge is 0.389 e. The first kappa shape index (κ1) is 14.9. The number of rotatable bonds is 6. The lowest BCUT2D eigenvalue weighted by atomic mass is 9.93. The average Bonchev–Trinajstić information content (AvgIpc) is 2.29. The van der Waals surface area contributed by atoms with E-state index in [1.807, 2.05) is 6.92 Å². The zero-order chi connectivity index (χ0) is 12.9. The predicted octanol–water partition coefficient (Wildman–Crippen LogP) is 0.833. The molecule has 4 heteroatoms. The van der Waals surface area contributed by atoms with Gasteiger partial charge in [0, 0.05) is 26.2 Å². The summed E-state index contributed by atoms with van der Waals surface area (Å²) in [5.41, 5.74) is 4.83. The second kappa shape index (κ2) is 6.69. The fourth-order valence-corrected chi connectivity index (χ4v) is 2.72. The molecule has 1 heterocycles. The fourth-order valence-electron chi connectivity index (χ4n) is 2.72. The van der Waals surface area contributed by atoms with Gasteiger partial charge in [0.05, 0.1) is 12.2 Å². The van der Waals surface area contributed by atoms with E-state index >= 15 is 0 Å². The second-order valence-electron chi connectivity index (χ2n) is 5.71. The first-order valence-corrected chi connectivity index (χ1v) is 6.64. The van der Waals surface area contributed by atoms with E-state index in [9.17, 15) is 5.11 Å². The minimum absolute atomic E-state index is 0.326. The highest BCUT2D eigenvalue weighted by Gasteiger charge is 2.28. The second-order valence-corrected chi connectivity index (χ2v) is 5.71. The Bertz CT molecular complexity index is 219. The Morgan fingerprint density at radius 3 is 2.88 bits per heavy atom. The lowest BCUT2D eigenvalue weighted by Crippen LogP contribution is -2.47. The van der Waals surface area contributed by atoms with Crippen molar-refractivity contribution < 1.29 is 9.84 Å². The first-order valence-electron chi connectivity index (χ1n) is 6.64. The van der Waals surface area contributed by atoms with Gasteiger partial charge >= 0.3 is 0 Å². The van der Waals surface area contributed by atoms with Gasteiger partial charge in [-0.1, -0.05) is 0 Å². The van der Waals surface area contributed by atoms with Crippen LogP contribution in [-0.4, -0.2) is 55.0 Å². The molecule has 1 aliphatic heterocycles. The number of nitrogens with two attached hydrogens (primary N) is 1. The highest BCUT2D eigenvalue weighted by atomic mass is 16.5. The van der Waals surface area contributed by atoms with E-state index in [0.717, 1.165) is 26.1 Å². The van der Waals surface area contributed by atoms with Crippen LogP contribution in [0, 0.1) is 5.92 Å². The molecule has 0 bridgehead atoms. The maximum Gasteiger partial charge on any atom is 0.0756 e. The van der Waals surface area contributed by atoms with E-state index in [2.05, 4.69) is 11.8 Å². The molecule has 3 N–H and O–H groups in total. The van der Waals surface area contributed by atoms with Crippen molar-refractivity contribution in [1.82, 2.24) is 4.90 Å². The monoisotopic (exact) mass is 244 g/mol. The van der Waals surface area contributed by atoms with Gasteiger partial charge in [-0.15, -0.1) is 0 Å². The van der Waals surface area contributed by atoms with E-state index in [0.29, 0.717) is 18.5 Å². The summed E-state index contributed by atoms with van der Waals surface area (Å²) >= 11 is 0. The van der Waals surface area contributed by atoms with E-state index in [1.165, 1.54) is 12.8 Å². The van der Waals surface area contributed by atoms with E-state index in [-0.39, 0.29) is 0 Å². The molecule has 4 nitrogen and oxygen atoms in total. The van der Waals surface area contributed by atoms with Crippen LogP contribution < -0.4 is 5.73 Å². The van der Waals surface area contributed by atoms with Crippen LogP contribution in [0.5, 0.6) is 0 Å². The zero-order valence-corrected chi connectivity index (χ0v) is 11.5. The van der Waals surface area contributed by atoms with Crippen molar-refractivity contribution in [3.05, 3.63) is 0 Å². The lowest BCUT2D eigenvalue weighted by Gasteiger charge is -2.39. The Morgan fingerprint density at radius 1 is 1.59 bits per heavy atom. The van der Waals surface area contributed by atoms with Crippen molar-refractivity contribution in [3.8, 4) is 0 Å². The normalized spacial score (nSPS) is 27.7. The summed E-state index contributed by atoms with van der Waals surface area (Å²) in [4.78, 5) is 2.46. The van der Waals surface area contributed by atoms with Crippen molar-refractivity contribution in [3.63, 3.8) is 0 Å². The number of hydrogen-bond donors (Lipinski definition) is 2. The van der Waals surface area contributed by atoms with Gasteiger partial charge in [0.15, 0.2) is 0 Å². The minimum atomic E-state index is -0.742. The Kier molecular flexibility index (Phi) is 5.86. The Hall–Kier alpha value is -0.160. The third-order valence-corrected chi connectivity index (χ3v) is 3.75. The Morgan fingerprint density at radius 2 is 2.29 bits per heavy atom. The third-order valence-electron chi connectivity index (χ3n) is 3.75. The van der Waals surface area contributed by atoms with Crippen LogP contribution in [0.25, 0.3) is 0 Å². The van der Waals surface area contributed by atoms with Gasteiger partial charge in [-0.25, -0.2) is 0 Å². The highest BCUT2D eigenvalue weighted by Crippen LogP contribution is 2.22. The fraction of sp³-hybridized carbons (Fsp3) is 1.00. The van der Waals surface area contributed by atoms with Crippen molar-refractivity contribution in [1.29, 1.82) is 0 Å². The Labute approximate surface area is 105 Å². The number of likely N-dealkylation sites (tertiary alicyclic amines) is 1. The molecule has 0 aromatic carbocycles. The SMILES string of the molecule is COCC1CCCN(C(C)CC(C)(O)CN)C1. The van der Waals surface area contributed by atoms with Crippen molar-refractivity contribution >= 4 is 0 Å². The van der Waals surface area contributed by atoms with Crippen LogP contribution in [0.1, 0.15) is 33.1 Å². The summed E-state index contributed by atoms with van der Waals surface area (Å²) in [6.07, 6.45) is 3.22. The van der Waals surface area contributed by atoms with Crippen molar-refractivity contribution in [2.24, 2.45) is 11.7 Å². The number of ether oxygens (including phenoxy) is 1. The van der Waals surface area contributed by atoms with Crippen LogP contribution >= 0.6 is 0 Å². The molecule has 3 atom stereocenters. The summed E-state index contributed by atoms with van der Waals surface area (Å²) in [6, 6.07) is 0.383. The molecule has 0 aromatic rings. The molecule has 0 saturated carbocycles. The Balaban J connectivity index is 2.43. The average molecular weight is 244 g/mol. The summed E-state index contributed by atoms with van der Waals surface area (Å²) in [5.74, 6) is 0.638. The summed E-state index contributed by atoms with van der Waals surface area (Å²) in [7, 11) is 1.77. The van der Waals surface area contributed by atoms with Gasteiger partial charge in [0.2, 0.25) is 0 Å².